The Labute approximate surface area is 129 Å². The number of nitrogen functional groups attached to an aromatic ring is 1. The summed E-state index contributed by atoms with van der Waals surface area (Å²) in [5.74, 6) is 0.652. The summed E-state index contributed by atoms with van der Waals surface area (Å²) in [5, 5.41) is 5.26. The summed E-state index contributed by atoms with van der Waals surface area (Å²) >= 11 is 6.11. The van der Waals surface area contributed by atoms with Crippen molar-refractivity contribution >= 4 is 17.4 Å². The van der Waals surface area contributed by atoms with Crippen LogP contribution in [0, 0.1) is 6.92 Å². The van der Waals surface area contributed by atoms with Gasteiger partial charge in [0.25, 0.3) is 0 Å². The van der Waals surface area contributed by atoms with Crippen molar-refractivity contribution in [2.24, 2.45) is 7.05 Å². The predicted molar refractivity (Wildman–Crippen MR) is 88.2 cm³/mol. The maximum absolute atomic E-state index is 6.25. The quantitative estimate of drug-likeness (QED) is 0.766. The topological polar surface area (TPSA) is 43.8 Å². The highest BCUT2D eigenvalue weighted by Gasteiger charge is 2.18. The van der Waals surface area contributed by atoms with E-state index in [2.05, 4.69) is 24.2 Å². The number of rotatable bonds is 2. The molecule has 106 valence electrons. The Hall–Kier alpha value is -2.26. The Kier molecular flexibility index (Phi) is 3.43. The van der Waals surface area contributed by atoms with Gasteiger partial charge in [0.1, 0.15) is 11.5 Å². The summed E-state index contributed by atoms with van der Waals surface area (Å²) in [6, 6.07) is 15.8. The van der Waals surface area contributed by atoms with Gasteiger partial charge in [-0.25, -0.2) is 0 Å². The third kappa shape index (κ3) is 2.41. The first kappa shape index (κ1) is 13.7. The molecule has 0 aliphatic carbocycles. The zero-order chi connectivity index (χ0) is 15.0. The minimum absolute atomic E-state index is 0.652. The van der Waals surface area contributed by atoms with Crippen LogP contribution in [-0.4, -0.2) is 9.78 Å². The monoisotopic (exact) mass is 297 g/mol. The molecule has 2 aromatic carbocycles. The Bertz CT molecular complexity index is 806. The lowest BCUT2D eigenvalue weighted by Crippen LogP contribution is -1.98. The minimum Gasteiger partial charge on any atom is -0.383 e. The molecule has 3 aromatic rings. The van der Waals surface area contributed by atoms with Crippen LogP contribution in [0.15, 0.2) is 48.5 Å². The fourth-order valence-corrected chi connectivity index (χ4v) is 2.68. The van der Waals surface area contributed by atoms with Gasteiger partial charge in [-0.15, -0.1) is 0 Å². The number of aryl methyl sites for hydroxylation is 2. The molecule has 0 saturated heterocycles. The van der Waals surface area contributed by atoms with Crippen molar-refractivity contribution in [3.63, 3.8) is 0 Å². The first-order chi connectivity index (χ1) is 10.1. The molecule has 0 aliphatic heterocycles. The van der Waals surface area contributed by atoms with Crippen LogP contribution in [0.3, 0.4) is 0 Å². The van der Waals surface area contributed by atoms with Gasteiger partial charge in [0, 0.05) is 17.6 Å². The number of hydrogen-bond donors (Lipinski definition) is 1. The van der Waals surface area contributed by atoms with Crippen LogP contribution in [-0.2, 0) is 7.05 Å². The van der Waals surface area contributed by atoms with Gasteiger partial charge >= 0.3 is 0 Å². The van der Waals surface area contributed by atoms with Crippen LogP contribution in [0.5, 0.6) is 0 Å². The largest absolute Gasteiger partial charge is 0.383 e. The molecule has 0 bridgehead atoms. The average molecular weight is 298 g/mol. The number of anilines is 1. The number of nitrogens with two attached hydrogens (primary N) is 1. The number of nitrogens with zero attached hydrogens (tertiary/aromatic N) is 2. The Morgan fingerprint density at radius 2 is 1.86 bits per heavy atom. The number of aromatic nitrogens is 2. The highest BCUT2D eigenvalue weighted by Crippen LogP contribution is 2.37. The summed E-state index contributed by atoms with van der Waals surface area (Å²) in [7, 11) is 1.85. The molecule has 3 rings (SSSR count). The van der Waals surface area contributed by atoms with E-state index in [1.807, 2.05) is 43.4 Å². The third-order valence-corrected chi connectivity index (χ3v) is 3.84. The van der Waals surface area contributed by atoms with Crippen LogP contribution in [0.25, 0.3) is 22.4 Å². The number of halogens is 1. The Balaban J connectivity index is 2.29. The van der Waals surface area contributed by atoms with Gasteiger partial charge in [-0.05, 0) is 30.2 Å². The summed E-state index contributed by atoms with van der Waals surface area (Å²) in [6.45, 7) is 2.07. The zero-order valence-corrected chi connectivity index (χ0v) is 12.7. The van der Waals surface area contributed by atoms with E-state index < -0.39 is 0 Å². The molecule has 0 spiro atoms. The van der Waals surface area contributed by atoms with Crippen molar-refractivity contribution < 1.29 is 0 Å². The molecule has 0 saturated carbocycles. The van der Waals surface area contributed by atoms with E-state index in [-0.39, 0.29) is 0 Å². The molecular weight excluding hydrogens is 282 g/mol. The molecule has 3 nitrogen and oxygen atoms in total. The van der Waals surface area contributed by atoms with E-state index in [0.717, 1.165) is 22.4 Å². The van der Waals surface area contributed by atoms with Gasteiger partial charge in [0.2, 0.25) is 0 Å². The first-order valence-corrected chi connectivity index (χ1v) is 7.10. The van der Waals surface area contributed by atoms with Crippen molar-refractivity contribution in [1.82, 2.24) is 9.78 Å². The van der Waals surface area contributed by atoms with E-state index in [4.69, 9.17) is 17.3 Å². The maximum atomic E-state index is 6.25. The zero-order valence-electron chi connectivity index (χ0n) is 12.0. The number of hydrogen-bond acceptors (Lipinski definition) is 2. The normalized spacial score (nSPS) is 10.8. The molecule has 0 aliphatic rings. The van der Waals surface area contributed by atoms with Gasteiger partial charge in [-0.3, -0.25) is 4.68 Å². The van der Waals surface area contributed by atoms with Crippen LogP contribution in [0.4, 0.5) is 5.82 Å². The first-order valence-electron chi connectivity index (χ1n) is 6.72. The third-order valence-electron chi connectivity index (χ3n) is 3.60. The smallest absolute Gasteiger partial charge is 0.129 e. The van der Waals surface area contributed by atoms with Crippen molar-refractivity contribution in [3.05, 3.63) is 59.1 Å². The van der Waals surface area contributed by atoms with E-state index in [0.29, 0.717) is 10.8 Å². The second kappa shape index (κ2) is 5.26. The summed E-state index contributed by atoms with van der Waals surface area (Å²) in [6.07, 6.45) is 0. The molecule has 0 amide bonds. The highest BCUT2D eigenvalue weighted by molar-refractivity contribution is 6.30. The fourth-order valence-electron chi connectivity index (χ4n) is 2.49. The Morgan fingerprint density at radius 1 is 1.10 bits per heavy atom. The molecule has 1 heterocycles. The molecule has 4 heteroatoms. The van der Waals surface area contributed by atoms with Crippen molar-refractivity contribution in [2.45, 2.75) is 6.92 Å². The van der Waals surface area contributed by atoms with Crippen molar-refractivity contribution in [1.29, 1.82) is 0 Å². The molecular formula is C17H16ClN3. The predicted octanol–water partition coefficient (Wildman–Crippen LogP) is 4.30. The highest BCUT2D eigenvalue weighted by atomic mass is 35.5. The molecule has 0 fully saturated rings. The molecule has 21 heavy (non-hydrogen) atoms. The molecule has 2 N–H and O–H groups in total. The lowest BCUT2D eigenvalue weighted by Gasteiger charge is -2.08. The van der Waals surface area contributed by atoms with Gasteiger partial charge in [0.15, 0.2) is 0 Å². The molecule has 0 radical (unpaired) electrons. The van der Waals surface area contributed by atoms with E-state index in [9.17, 15) is 0 Å². The standard InChI is InChI=1S/C17H16ClN3/c1-11-6-3-4-9-14(11)15-16(20-21(2)17(15)19)12-7-5-8-13(18)10-12/h3-10H,19H2,1-2H3. The average Bonchev–Trinajstić information content (AvgIpc) is 2.76. The molecule has 0 unspecified atom stereocenters. The maximum Gasteiger partial charge on any atom is 0.129 e. The van der Waals surface area contributed by atoms with Gasteiger partial charge in [-0.1, -0.05) is 48.0 Å². The minimum atomic E-state index is 0.652. The number of benzene rings is 2. The van der Waals surface area contributed by atoms with Crippen LogP contribution >= 0.6 is 11.6 Å². The van der Waals surface area contributed by atoms with Crippen molar-refractivity contribution in [3.8, 4) is 22.4 Å². The Morgan fingerprint density at radius 3 is 2.57 bits per heavy atom. The van der Waals surface area contributed by atoms with E-state index in [1.165, 1.54) is 5.56 Å². The molecule has 0 atom stereocenters. The summed E-state index contributed by atoms with van der Waals surface area (Å²) in [4.78, 5) is 0. The van der Waals surface area contributed by atoms with E-state index in [1.54, 1.807) is 4.68 Å². The van der Waals surface area contributed by atoms with Gasteiger partial charge < -0.3 is 5.73 Å². The second-order valence-electron chi connectivity index (χ2n) is 5.06. The summed E-state index contributed by atoms with van der Waals surface area (Å²) < 4.78 is 1.71. The lowest BCUT2D eigenvalue weighted by atomic mass is 9.97. The SMILES string of the molecule is Cc1ccccc1-c1c(-c2cccc(Cl)c2)nn(C)c1N. The molecule has 1 aromatic heterocycles. The van der Waals surface area contributed by atoms with E-state index >= 15 is 0 Å². The lowest BCUT2D eigenvalue weighted by molar-refractivity contribution is 0.782. The second-order valence-corrected chi connectivity index (χ2v) is 5.49. The van der Waals surface area contributed by atoms with Crippen molar-refractivity contribution in [2.75, 3.05) is 5.73 Å². The van der Waals surface area contributed by atoms with Gasteiger partial charge in [0.05, 0.1) is 5.56 Å². The van der Waals surface area contributed by atoms with Crippen LogP contribution < -0.4 is 5.73 Å². The summed E-state index contributed by atoms with van der Waals surface area (Å²) in [5.41, 5.74) is 11.3. The van der Waals surface area contributed by atoms with Crippen LogP contribution in [0.2, 0.25) is 5.02 Å². The van der Waals surface area contributed by atoms with Crippen LogP contribution in [0.1, 0.15) is 5.56 Å². The van der Waals surface area contributed by atoms with Gasteiger partial charge in [-0.2, -0.15) is 5.10 Å². The fraction of sp³-hybridized carbons (Fsp3) is 0.118.